The second kappa shape index (κ2) is 5.96. The number of hydrogen-bond donors (Lipinski definition) is 1. The van der Waals surface area contributed by atoms with Gasteiger partial charge in [-0.2, -0.15) is 0 Å². The average molecular weight is 309 g/mol. The zero-order valence-corrected chi connectivity index (χ0v) is 12.4. The summed E-state index contributed by atoms with van der Waals surface area (Å²) >= 11 is 11.6. The van der Waals surface area contributed by atoms with Gasteiger partial charge in [-0.25, -0.2) is 0 Å². The summed E-state index contributed by atoms with van der Waals surface area (Å²) in [7, 11) is 0. The average Bonchev–Trinajstić information content (AvgIpc) is 2.39. The standard InChI is InChI=1S/C16H14Cl2O2/c1-16(20,12-4-8-14(18)9-5-12)10-15(19)11-2-6-13(17)7-3-11/h2-9,20H,10H2,1H3. The van der Waals surface area contributed by atoms with E-state index in [9.17, 15) is 9.90 Å². The van der Waals surface area contributed by atoms with Crippen LogP contribution in [0.5, 0.6) is 0 Å². The summed E-state index contributed by atoms with van der Waals surface area (Å²) < 4.78 is 0. The van der Waals surface area contributed by atoms with Gasteiger partial charge < -0.3 is 5.11 Å². The van der Waals surface area contributed by atoms with E-state index in [4.69, 9.17) is 23.2 Å². The number of benzene rings is 2. The van der Waals surface area contributed by atoms with Gasteiger partial charge in [-0.1, -0.05) is 35.3 Å². The van der Waals surface area contributed by atoms with Crippen molar-refractivity contribution in [3.63, 3.8) is 0 Å². The highest BCUT2D eigenvalue weighted by molar-refractivity contribution is 6.30. The maximum absolute atomic E-state index is 12.2. The molecule has 0 bridgehead atoms. The Morgan fingerprint density at radius 2 is 1.45 bits per heavy atom. The van der Waals surface area contributed by atoms with Gasteiger partial charge in [0.1, 0.15) is 0 Å². The Morgan fingerprint density at radius 3 is 1.95 bits per heavy atom. The van der Waals surface area contributed by atoms with Crippen molar-refractivity contribution < 1.29 is 9.90 Å². The highest BCUT2D eigenvalue weighted by atomic mass is 35.5. The lowest BCUT2D eigenvalue weighted by molar-refractivity contribution is 0.0431. The van der Waals surface area contributed by atoms with Gasteiger partial charge in [0.05, 0.1) is 5.60 Å². The predicted molar refractivity (Wildman–Crippen MR) is 81.4 cm³/mol. The molecule has 4 heteroatoms. The normalized spacial score (nSPS) is 13.8. The summed E-state index contributed by atoms with van der Waals surface area (Å²) in [6.45, 7) is 1.62. The predicted octanol–water partition coefficient (Wildman–Crippen LogP) is 4.47. The molecule has 0 amide bonds. The molecule has 0 heterocycles. The third kappa shape index (κ3) is 3.60. The van der Waals surface area contributed by atoms with Gasteiger partial charge in [0.25, 0.3) is 0 Å². The molecule has 0 radical (unpaired) electrons. The fourth-order valence-electron chi connectivity index (χ4n) is 1.96. The van der Waals surface area contributed by atoms with E-state index in [0.717, 1.165) is 0 Å². The molecule has 0 aliphatic rings. The van der Waals surface area contributed by atoms with E-state index in [1.807, 2.05) is 0 Å². The van der Waals surface area contributed by atoms with Crippen molar-refractivity contribution in [2.45, 2.75) is 18.9 Å². The molecule has 0 aromatic heterocycles. The number of aliphatic hydroxyl groups is 1. The Labute approximate surface area is 128 Å². The van der Waals surface area contributed by atoms with E-state index in [0.29, 0.717) is 21.2 Å². The SMILES string of the molecule is CC(O)(CC(=O)c1ccc(Cl)cc1)c1ccc(Cl)cc1. The summed E-state index contributed by atoms with van der Waals surface area (Å²) in [5.74, 6) is -0.137. The molecule has 2 aromatic rings. The van der Waals surface area contributed by atoms with Crippen LogP contribution in [0.2, 0.25) is 10.0 Å². The molecule has 20 heavy (non-hydrogen) atoms. The van der Waals surface area contributed by atoms with E-state index in [2.05, 4.69) is 0 Å². The first-order valence-electron chi connectivity index (χ1n) is 6.16. The number of carbonyl (C=O) groups excluding carboxylic acids is 1. The number of ketones is 1. The summed E-state index contributed by atoms with van der Waals surface area (Å²) in [4.78, 5) is 12.2. The minimum atomic E-state index is -1.23. The molecule has 2 rings (SSSR count). The number of carbonyl (C=O) groups is 1. The van der Waals surface area contributed by atoms with E-state index in [-0.39, 0.29) is 12.2 Å². The van der Waals surface area contributed by atoms with E-state index >= 15 is 0 Å². The maximum Gasteiger partial charge on any atom is 0.166 e. The Hall–Kier alpha value is -1.35. The Kier molecular flexibility index (Phi) is 4.48. The van der Waals surface area contributed by atoms with Crippen LogP contribution in [0, 0.1) is 0 Å². The Bertz CT molecular complexity index is 601. The molecule has 0 saturated heterocycles. The third-order valence-corrected chi connectivity index (χ3v) is 3.64. The third-order valence-electron chi connectivity index (χ3n) is 3.14. The van der Waals surface area contributed by atoms with Crippen LogP contribution in [0.3, 0.4) is 0 Å². The lowest BCUT2D eigenvalue weighted by Crippen LogP contribution is -2.25. The number of halogens is 2. The van der Waals surface area contributed by atoms with Crippen LogP contribution >= 0.6 is 23.2 Å². The Morgan fingerprint density at radius 1 is 1.00 bits per heavy atom. The van der Waals surface area contributed by atoms with Crippen molar-refractivity contribution in [3.05, 3.63) is 69.7 Å². The van der Waals surface area contributed by atoms with Crippen molar-refractivity contribution in [2.75, 3.05) is 0 Å². The van der Waals surface area contributed by atoms with Crippen LogP contribution < -0.4 is 0 Å². The molecular formula is C16H14Cl2O2. The van der Waals surface area contributed by atoms with Gasteiger partial charge in [-0.05, 0) is 48.9 Å². The largest absolute Gasteiger partial charge is 0.385 e. The van der Waals surface area contributed by atoms with Crippen LogP contribution in [0.1, 0.15) is 29.3 Å². The van der Waals surface area contributed by atoms with E-state index < -0.39 is 5.60 Å². The molecule has 2 aromatic carbocycles. The maximum atomic E-state index is 12.2. The fraction of sp³-hybridized carbons (Fsp3) is 0.188. The molecule has 1 unspecified atom stereocenters. The number of rotatable bonds is 4. The highest BCUT2D eigenvalue weighted by Crippen LogP contribution is 2.27. The van der Waals surface area contributed by atoms with Gasteiger partial charge in [-0.15, -0.1) is 0 Å². The van der Waals surface area contributed by atoms with Crippen LogP contribution in [0.25, 0.3) is 0 Å². The first kappa shape index (κ1) is 15.0. The van der Waals surface area contributed by atoms with Gasteiger partial charge in [0.2, 0.25) is 0 Å². The topological polar surface area (TPSA) is 37.3 Å². The first-order valence-corrected chi connectivity index (χ1v) is 6.91. The molecule has 0 aliphatic carbocycles. The summed E-state index contributed by atoms with van der Waals surface area (Å²) in [5.41, 5.74) is -0.0470. The monoisotopic (exact) mass is 308 g/mol. The lowest BCUT2D eigenvalue weighted by Gasteiger charge is -2.23. The number of Topliss-reactive ketones (excluding diaryl/α,β-unsaturated/α-hetero) is 1. The van der Waals surface area contributed by atoms with Crippen LogP contribution in [0.4, 0.5) is 0 Å². The van der Waals surface area contributed by atoms with Gasteiger partial charge in [-0.3, -0.25) is 4.79 Å². The van der Waals surface area contributed by atoms with Gasteiger partial charge in [0.15, 0.2) is 5.78 Å². The van der Waals surface area contributed by atoms with Crippen molar-refractivity contribution >= 4 is 29.0 Å². The van der Waals surface area contributed by atoms with Crippen molar-refractivity contribution in [1.82, 2.24) is 0 Å². The Balaban J connectivity index is 2.17. The summed E-state index contributed by atoms with van der Waals surface area (Å²) in [6, 6.07) is 13.5. The zero-order chi connectivity index (χ0) is 14.8. The molecule has 1 atom stereocenters. The second-order valence-electron chi connectivity index (χ2n) is 4.89. The van der Waals surface area contributed by atoms with Crippen LogP contribution in [-0.2, 0) is 5.60 Å². The summed E-state index contributed by atoms with van der Waals surface area (Å²) in [5, 5.41) is 11.6. The molecule has 0 saturated carbocycles. The van der Waals surface area contributed by atoms with E-state index in [1.165, 1.54) is 0 Å². The van der Waals surface area contributed by atoms with Crippen molar-refractivity contribution in [1.29, 1.82) is 0 Å². The zero-order valence-electron chi connectivity index (χ0n) is 10.9. The first-order chi connectivity index (χ1) is 9.38. The quantitative estimate of drug-likeness (QED) is 0.846. The molecule has 0 aliphatic heterocycles. The summed E-state index contributed by atoms with van der Waals surface area (Å²) in [6.07, 6.45) is -0.00371. The minimum absolute atomic E-state index is 0.00371. The van der Waals surface area contributed by atoms with Crippen molar-refractivity contribution in [3.8, 4) is 0 Å². The molecular weight excluding hydrogens is 295 g/mol. The minimum Gasteiger partial charge on any atom is -0.385 e. The fourth-order valence-corrected chi connectivity index (χ4v) is 2.21. The van der Waals surface area contributed by atoms with Gasteiger partial charge in [0, 0.05) is 22.0 Å². The molecule has 0 spiro atoms. The molecule has 0 fully saturated rings. The van der Waals surface area contributed by atoms with E-state index in [1.54, 1.807) is 55.5 Å². The molecule has 104 valence electrons. The second-order valence-corrected chi connectivity index (χ2v) is 5.76. The smallest absolute Gasteiger partial charge is 0.166 e. The van der Waals surface area contributed by atoms with Crippen molar-refractivity contribution in [2.24, 2.45) is 0 Å². The molecule has 2 nitrogen and oxygen atoms in total. The lowest BCUT2D eigenvalue weighted by atomic mass is 9.89. The van der Waals surface area contributed by atoms with Gasteiger partial charge >= 0.3 is 0 Å². The number of hydrogen-bond acceptors (Lipinski definition) is 2. The van der Waals surface area contributed by atoms with Crippen LogP contribution in [0.15, 0.2) is 48.5 Å². The molecule has 1 N–H and O–H groups in total. The highest BCUT2D eigenvalue weighted by Gasteiger charge is 2.27. The van der Waals surface area contributed by atoms with Crippen LogP contribution in [-0.4, -0.2) is 10.9 Å².